The van der Waals surface area contributed by atoms with Gasteiger partial charge in [0.05, 0.1) is 13.1 Å². The number of hydrogen-bond acceptors (Lipinski definition) is 3. The Labute approximate surface area is 109 Å². The monoisotopic (exact) mass is 253 g/mol. The fourth-order valence-electron chi connectivity index (χ4n) is 1.96. The predicted octanol–water partition coefficient (Wildman–Crippen LogP) is 2.45. The molecule has 0 aromatic heterocycles. The van der Waals surface area contributed by atoms with Crippen LogP contribution in [0.2, 0.25) is 0 Å². The predicted molar refractivity (Wildman–Crippen MR) is 76.7 cm³/mol. The number of anilines is 1. The zero-order valence-corrected chi connectivity index (χ0v) is 11.4. The molecule has 0 radical (unpaired) electrons. The van der Waals surface area contributed by atoms with Crippen molar-refractivity contribution in [2.24, 2.45) is 4.99 Å². The number of aryl methyl sites for hydroxylation is 2. The van der Waals surface area contributed by atoms with Gasteiger partial charge in [0.25, 0.3) is 0 Å². The van der Waals surface area contributed by atoms with Crippen LogP contribution in [0, 0.1) is 20.8 Å². The number of benzene rings is 1. The number of nitrogens with one attached hydrogen (secondary N) is 2. The van der Waals surface area contributed by atoms with Gasteiger partial charge in [0.2, 0.25) is 0 Å². The Morgan fingerprint density at radius 3 is 2.59 bits per heavy atom. The minimum Gasteiger partial charge on any atom is -0.377 e. The van der Waals surface area contributed by atoms with Gasteiger partial charge in [-0.15, -0.1) is 12.4 Å². The minimum absolute atomic E-state index is 0. The molecule has 0 saturated heterocycles. The van der Waals surface area contributed by atoms with Crippen LogP contribution in [0.3, 0.4) is 0 Å². The quantitative estimate of drug-likeness (QED) is 0.868. The van der Waals surface area contributed by atoms with Crippen molar-refractivity contribution in [3.05, 3.63) is 28.8 Å². The first kappa shape index (κ1) is 13.8. The molecule has 0 fully saturated rings. The average Bonchev–Trinajstić information content (AvgIpc) is 2.77. The van der Waals surface area contributed by atoms with Crippen molar-refractivity contribution < 1.29 is 0 Å². The van der Waals surface area contributed by atoms with Gasteiger partial charge in [-0.05, 0) is 37.5 Å². The molecule has 3 nitrogen and oxygen atoms in total. The van der Waals surface area contributed by atoms with Crippen LogP contribution < -0.4 is 10.6 Å². The molecule has 0 atom stereocenters. The van der Waals surface area contributed by atoms with E-state index in [1.54, 1.807) is 0 Å². The van der Waals surface area contributed by atoms with Crippen molar-refractivity contribution >= 4 is 23.9 Å². The third-order valence-corrected chi connectivity index (χ3v) is 3.12. The summed E-state index contributed by atoms with van der Waals surface area (Å²) in [5.41, 5.74) is 5.20. The van der Waals surface area contributed by atoms with E-state index in [4.69, 9.17) is 0 Å². The molecule has 1 aromatic carbocycles. The van der Waals surface area contributed by atoms with E-state index in [0.29, 0.717) is 0 Å². The third kappa shape index (κ3) is 3.13. The average molecular weight is 254 g/mol. The van der Waals surface area contributed by atoms with Gasteiger partial charge < -0.3 is 10.6 Å². The summed E-state index contributed by atoms with van der Waals surface area (Å²) in [6.07, 6.45) is 0. The third-order valence-electron chi connectivity index (χ3n) is 3.12. The van der Waals surface area contributed by atoms with Gasteiger partial charge >= 0.3 is 0 Å². The van der Waals surface area contributed by atoms with E-state index >= 15 is 0 Å². The highest BCUT2D eigenvalue weighted by Crippen LogP contribution is 2.22. The highest BCUT2D eigenvalue weighted by molar-refractivity contribution is 5.88. The molecule has 17 heavy (non-hydrogen) atoms. The first-order valence-corrected chi connectivity index (χ1v) is 5.76. The van der Waals surface area contributed by atoms with Crippen molar-refractivity contribution in [3.63, 3.8) is 0 Å². The molecule has 2 rings (SSSR count). The fourth-order valence-corrected chi connectivity index (χ4v) is 1.96. The maximum absolute atomic E-state index is 4.38. The van der Waals surface area contributed by atoms with E-state index in [1.807, 2.05) is 0 Å². The van der Waals surface area contributed by atoms with Gasteiger partial charge in [0.1, 0.15) is 5.84 Å². The largest absolute Gasteiger partial charge is 0.377 e. The van der Waals surface area contributed by atoms with E-state index in [1.165, 1.54) is 22.4 Å². The van der Waals surface area contributed by atoms with Crippen LogP contribution >= 0.6 is 12.4 Å². The number of nitrogens with zero attached hydrogens (tertiary/aromatic N) is 1. The minimum atomic E-state index is 0. The van der Waals surface area contributed by atoms with Crippen LogP contribution in [0.4, 0.5) is 5.69 Å². The van der Waals surface area contributed by atoms with Crippen molar-refractivity contribution in [1.29, 1.82) is 0 Å². The van der Waals surface area contributed by atoms with Crippen LogP contribution in [0.1, 0.15) is 16.7 Å². The molecule has 0 bridgehead atoms. The molecule has 1 aliphatic rings. The molecule has 0 spiro atoms. The summed E-state index contributed by atoms with van der Waals surface area (Å²) in [5, 5.41) is 6.74. The molecule has 1 aromatic rings. The topological polar surface area (TPSA) is 36.4 Å². The number of amidine groups is 1. The standard InChI is InChI=1S/C13H19N3.ClH/c1-9-4-5-10(2)13(11(9)3)16-8-12-14-6-7-15-12;/h4-5,16H,6-8H2,1-3H3,(H,14,15);1H. The van der Waals surface area contributed by atoms with Crippen molar-refractivity contribution in [3.8, 4) is 0 Å². The van der Waals surface area contributed by atoms with Crippen LogP contribution in [-0.4, -0.2) is 25.5 Å². The molecular weight excluding hydrogens is 234 g/mol. The molecule has 0 amide bonds. The summed E-state index contributed by atoms with van der Waals surface area (Å²) in [4.78, 5) is 4.38. The van der Waals surface area contributed by atoms with Crippen molar-refractivity contribution in [2.75, 3.05) is 25.0 Å². The van der Waals surface area contributed by atoms with Crippen LogP contribution in [0.15, 0.2) is 17.1 Å². The number of rotatable bonds is 3. The van der Waals surface area contributed by atoms with Crippen molar-refractivity contribution in [2.45, 2.75) is 20.8 Å². The molecule has 1 heterocycles. The van der Waals surface area contributed by atoms with E-state index in [2.05, 4.69) is 48.5 Å². The Hall–Kier alpha value is -1.22. The molecule has 94 valence electrons. The summed E-state index contributed by atoms with van der Waals surface area (Å²) in [7, 11) is 0. The van der Waals surface area contributed by atoms with E-state index in [9.17, 15) is 0 Å². The Kier molecular flexibility index (Phi) is 4.82. The van der Waals surface area contributed by atoms with Gasteiger partial charge in [-0.3, -0.25) is 4.99 Å². The van der Waals surface area contributed by atoms with E-state index in [0.717, 1.165) is 25.5 Å². The van der Waals surface area contributed by atoms with Gasteiger partial charge in [-0.2, -0.15) is 0 Å². The zero-order chi connectivity index (χ0) is 11.5. The highest BCUT2D eigenvalue weighted by atomic mass is 35.5. The lowest BCUT2D eigenvalue weighted by Crippen LogP contribution is -2.26. The molecule has 0 unspecified atom stereocenters. The first-order valence-electron chi connectivity index (χ1n) is 5.76. The molecule has 2 N–H and O–H groups in total. The smallest absolute Gasteiger partial charge is 0.116 e. The normalized spacial score (nSPS) is 13.7. The Balaban J connectivity index is 0.00000144. The van der Waals surface area contributed by atoms with Gasteiger partial charge in [0, 0.05) is 12.2 Å². The number of hydrogen-bond donors (Lipinski definition) is 2. The second kappa shape index (κ2) is 5.92. The number of aliphatic imine (C=N–C) groups is 1. The van der Waals surface area contributed by atoms with Gasteiger partial charge in [-0.1, -0.05) is 12.1 Å². The summed E-state index contributed by atoms with van der Waals surface area (Å²) in [6, 6.07) is 4.33. The SMILES string of the molecule is Cc1ccc(C)c(NCC2=NCCN2)c1C.Cl. The fraction of sp³-hybridized carbons (Fsp3) is 0.462. The molecule has 1 aliphatic heterocycles. The maximum atomic E-state index is 4.38. The molecule has 0 saturated carbocycles. The van der Waals surface area contributed by atoms with Gasteiger partial charge in [0.15, 0.2) is 0 Å². The maximum Gasteiger partial charge on any atom is 0.116 e. The lowest BCUT2D eigenvalue weighted by molar-refractivity contribution is 0.955. The second-order valence-electron chi connectivity index (χ2n) is 4.31. The van der Waals surface area contributed by atoms with Crippen LogP contribution in [0.5, 0.6) is 0 Å². The van der Waals surface area contributed by atoms with Crippen molar-refractivity contribution in [1.82, 2.24) is 5.32 Å². The molecule has 4 heteroatoms. The second-order valence-corrected chi connectivity index (χ2v) is 4.31. The lowest BCUT2D eigenvalue weighted by Gasteiger charge is -2.14. The summed E-state index contributed by atoms with van der Waals surface area (Å²) < 4.78 is 0. The lowest BCUT2D eigenvalue weighted by atomic mass is 10.0. The first-order chi connectivity index (χ1) is 7.68. The summed E-state index contributed by atoms with van der Waals surface area (Å²) in [5.74, 6) is 1.07. The zero-order valence-electron chi connectivity index (χ0n) is 10.6. The number of halogens is 1. The Morgan fingerprint density at radius 2 is 1.94 bits per heavy atom. The molecule has 0 aliphatic carbocycles. The Morgan fingerprint density at radius 1 is 1.24 bits per heavy atom. The summed E-state index contributed by atoms with van der Waals surface area (Å²) in [6.45, 7) is 9.12. The van der Waals surface area contributed by atoms with Gasteiger partial charge in [-0.25, -0.2) is 0 Å². The highest BCUT2D eigenvalue weighted by Gasteiger charge is 2.08. The molecular formula is C13H20ClN3. The van der Waals surface area contributed by atoms with Crippen LogP contribution in [-0.2, 0) is 0 Å². The van der Waals surface area contributed by atoms with E-state index < -0.39 is 0 Å². The van der Waals surface area contributed by atoms with Crippen LogP contribution in [0.25, 0.3) is 0 Å². The summed E-state index contributed by atoms with van der Waals surface area (Å²) >= 11 is 0. The van der Waals surface area contributed by atoms with E-state index in [-0.39, 0.29) is 12.4 Å². The Bertz CT molecular complexity index is 427.